The van der Waals surface area contributed by atoms with Gasteiger partial charge in [-0.25, -0.2) is 4.98 Å². The second-order valence-corrected chi connectivity index (χ2v) is 8.49. The average Bonchev–Trinajstić information content (AvgIpc) is 3.07. The Balaban J connectivity index is 1.64. The molecule has 2 aromatic heterocycles. The summed E-state index contributed by atoms with van der Waals surface area (Å²) < 4.78 is 8.27. The molecule has 6 nitrogen and oxygen atoms in total. The number of nitrogens with one attached hydrogen (secondary N) is 1. The first-order chi connectivity index (χ1) is 15.6. The molecule has 0 radical (unpaired) electrons. The van der Waals surface area contributed by atoms with Crippen LogP contribution in [0.15, 0.2) is 61.1 Å². The van der Waals surface area contributed by atoms with Crippen molar-refractivity contribution in [2.45, 2.75) is 45.2 Å². The zero-order valence-electron chi connectivity index (χ0n) is 18.2. The van der Waals surface area contributed by atoms with Crippen LogP contribution in [0.25, 0.3) is 22.2 Å². The Morgan fingerprint density at radius 2 is 1.94 bits per heavy atom. The Kier molecular flexibility index (Phi) is 5.24. The van der Waals surface area contributed by atoms with E-state index < -0.39 is 0 Å². The Bertz CT molecular complexity index is 1280. The highest BCUT2D eigenvalue weighted by Crippen LogP contribution is 2.43. The lowest BCUT2D eigenvalue weighted by Gasteiger charge is -2.30. The molecule has 1 fully saturated rings. The number of nitrogens with zero attached hydrogens (tertiary/aromatic N) is 4. The van der Waals surface area contributed by atoms with Crippen LogP contribution in [0.4, 0.5) is 5.69 Å². The predicted octanol–water partition coefficient (Wildman–Crippen LogP) is 6.31. The molecule has 0 unspecified atom stereocenters. The van der Waals surface area contributed by atoms with Crippen molar-refractivity contribution in [1.29, 1.82) is 5.26 Å². The molecule has 0 saturated heterocycles. The van der Waals surface area contributed by atoms with E-state index in [0.717, 1.165) is 40.7 Å². The van der Waals surface area contributed by atoms with E-state index in [1.165, 1.54) is 6.42 Å². The quantitative estimate of drug-likeness (QED) is 0.393. The number of anilines is 1. The lowest BCUT2D eigenvalue weighted by molar-refractivity contribution is 0.324. The zero-order chi connectivity index (χ0) is 22.1. The van der Waals surface area contributed by atoms with Crippen molar-refractivity contribution in [2.75, 3.05) is 5.32 Å². The van der Waals surface area contributed by atoms with Crippen LogP contribution in [0.5, 0.6) is 11.6 Å². The Morgan fingerprint density at radius 3 is 2.56 bits per heavy atom. The summed E-state index contributed by atoms with van der Waals surface area (Å²) in [4.78, 5) is 8.27. The molecule has 1 aliphatic rings. The van der Waals surface area contributed by atoms with E-state index in [0.29, 0.717) is 29.3 Å². The molecule has 2 heterocycles. The van der Waals surface area contributed by atoms with Gasteiger partial charge in [-0.3, -0.25) is 4.98 Å². The molecule has 1 saturated carbocycles. The molecule has 6 heteroatoms. The first-order valence-corrected chi connectivity index (χ1v) is 11.0. The molecule has 1 aliphatic carbocycles. The van der Waals surface area contributed by atoms with Gasteiger partial charge in [-0.1, -0.05) is 12.1 Å². The summed E-state index contributed by atoms with van der Waals surface area (Å²) in [6, 6.07) is 17.5. The second kappa shape index (κ2) is 8.35. The standard InChI is InChI=1S/C26H25N5O/c1-17(2)30-19-8-6-18(7-9-19)26-23(15-27)22-11-10-21(32-25-16-28-12-13-29-25)14-24(22)31(26)20-4-3-5-20/h6-14,16-17,20,30H,3-5H2,1-2H3. The highest BCUT2D eigenvalue weighted by molar-refractivity contribution is 5.95. The SMILES string of the molecule is CC(C)Nc1ccc(-c2c(C#N)c3ccc(Oc4cnccn4)cc3n2C2CCC2)cc1. The van der Waals surface area contributed by atoms with Crippen molar-refractivity contribution < 1.29 is 4.74 Å². The number of ether oxygens (including phenoxy) is 1. The molecule has 160 valence electrons. The van der Waals surface area contributed by atoms with E-state index in [2.05, 4.69) is 64.0 Å². The summed E-state index contributed by atoms with van der Waals surface area (Å²) in [5.74, 6) is 1.13. The van der Waals surface area contributed by atoms with Crippen molar-refractivity contribution >= 4 is 16.6 Å². The van der Waals surface area contributed by atoms with Gasteiger partial charge in [0, 0.05) is 41.6 Å². The van der Waals surface area contributed by atoms with E-state index in [9.17, 15) is 5.26 Å². The van der Waals surface area contributed by atoms with Crippen LogP contribution in [0.1, 0.15) is 44.7 Å². The van der Waals surface area contributed by atoms with E-state index >= 15 is 0 Å². The normalized spacial score (nSPS) is 13.7. The third kappa shape index (κ3) is 3.67. The molecule has 5 rings (SSSR count). The molecule has 4 aromatic rings. The maximum Gasteiger partial charge on any atom is 0.237 e. The van der Waals surface area contributed by atoms with Gasteiger partial charge in [-0.15, -0.1) is 0 Å². The van der Waals surface area contributed by atoms with Gasteiger partial charge in [0.05, 0.1) is 23.0 Å². The van der Waals surface area contributed by atoms with Gasteiger partial charge in [0.1, 0.15) is 11.8 Å². The van der Waals surface area contributed by atoms with Gasteiger partial charge < -0.3 is 14.6 Å². The molecule has 0 amide bonds. The largest absolute Gasteiger partial charge is 0.437 e. The Hall–Kier alpha value is -3.85. The van der Waals surface area contributed by atoms with Gasteiger partial charge >= 0.3 is 0 Å². The van der Waals surface area contributed by atoms with Crippen LogP contribution in [0, 0.1) is 11.3 Å². The van der Waals surface area contributed by atoms with Crippen molar-refractivity contribution in [2.24, 2.45) is 0 Å². The maximum atomic E-state index is 10.1. The number of benzene rings is 2. The number of hydrogen-bond acceptors (Lipinski definition) is 5. The van der Waals surface area contributed by atoms with Crippen molar-refractivity contribution in [1.82, 2.24) is 14.5 Å². The fourth-order valence-electron chi connectivity index (χ4n) is 4.29. The van der Waals surface area contributed by atoms with Gasteiger partial charge in [-0.05, 0) is 62.9 Å². The molecular formula is C26H25N5O. The van der Waals surface area contributed by atoms with Gasteiger partial charge in [0.25, 0.3) is 0 Å². The van der Waals surface area contributed by atoms with Gasteiger partial charge in [-0.2, -0.15) is 5.26 Å². The lowest BCUT2D eigenvalue weighted by Crippen LogP contribution is -2.17. The van der Waals surface area contributed by atoms with Crippen molar-refractivity contribution in [3.63, 3.8) is 0 Å². The van der Waals surface area contributed by atoms with Crippen LogP contribution >= 0.6 is 0 Å². The molecule has 32 heavy (non-hydrogen) atoms. The smallest absolute Gasteiger partial charge is 0.237 e. The molecule has 0 aliphatic heterocycles. The van der Waals surface area contributed by atoms with Crippen molar-refractivity contribution in [3.05, 3.63) is 66.6 Å². The highest BCUT2D eigenvalue weighted by atomic mass is 16.5. The lowest BCUT2D eigenvalue weighted by atomic mass is 9.92. The van der Waals surface area contributed by atoms with Crippen LogP contribution in [0.2, 0.25) is 0 Å². The van der Waals surface area contributed by atoms with Crippen LogP contribution in [0.3, 0.4) is 0 Å². The summed E-state index contributed by atoms with van der Waals surface area (Å²) in [6.45, 7) is 4.24. The maximum absolute atomic E-state index is 10.1. The van der Waals surface area contributed by atoms with Gasteiger partial charge in [0.15, 0.2) is 0 Å². The molecular weight excluding hydrogens is 398 g/mol. The molecule has 1 N–H and O–H groups in total. The molecule has 0 spiro atoms. The second-order valence-electron chi connectivity index (χ2n) is 8.49. The number of rotatable bonds is 6. The third-order valence-corrected chi connectivity index (χ3v) is 5.90. The first kappa shape index (κ1) is 20.1. The minimum Gasteiger partial charge on any atom is -0.437 e. The average molecular weight is 424 g/mol. The first-order valence-electron chi connectivity index (χ1n) is 11.0. The summed E-state index contributed by atoms with van der Waals surface area (Å²) in [7, 11) is 0. The summed E-state index contributed by atoms with van der Waals surface area (Å²) in [6.07, 6.45) is 8.25. The molecule has 2 aromatic carbocycles. The summed E-state index contributed by atoms with van der Waals surface area (Å²) in [5.41, 5.74) is 4.85. The van der Waals surface area contributed by atoms with E-state index in [1.807, 2.05) is 18.2 Å². The number of nitriles is 1. The molecule has 0 atom stereocenters. The van der Waals surface area contributed by atoms with Crippen LogP contribution < -0.4 is 10.1 Å². The third-order valence-electron chi connectivity index (χ3n) is 5.90. The minimum absolute atomic E-state index is 0.365. The molecule has 0 bridgehead atoms. The number of aromatic nitrogens is 3. The van der Waals surface area contributed by atoms with E-state index in [-0.39, 0.29) is 0 Å². The van der Waals surface area contributed by atoms with Crippen LogP contribution in [-0.2, 0) is 0 Å². The number of fused-ring (bicyclic) bond motifs is 1. The Labute approximate surface area is 187 Å². The highest BCUT2D eigenvalue weighted by Gasteiger charge is 2.28. The fraction of sp³-hybridized carbons (Fsp3) is 0.269. The minimum atomic E-state index is 0.365. The Morgan fingerprint density at radius 1 is 1.12 bits per heavy atom. The van der Waals surface area contributed by atoms with Crippen LogP contribution in [-0.4, -0.2) is 20.6 Å². The zero-order valence-corrected chi connectivity index (χ0v) is 18.2. The van der Waals surface area contributed by atoms with E-state index in [4.69, 9.17) is 4.74 Å². The topological polar surface area (TPSA) is 75.8 Å². The predicted molar refractivity (Wildman–Crippen MR) is 126 cm³/mol. The summed E-state index contributed by atoms with van der Waals surface area (Å²) in [5, 5.41) is 14.5. The summed E-state index contributed by atoms with van der Waals surface area (Å²) >= 11 is 0. The van der Waals surface area contributed by atoms with Crippen molar-refractivity contribution in [3.8, 4) is 29.0 Å². The fourth-order valence-corrected chi connectivity index (χ4v) is 4.29. The van der Waals surface area contributed by atoms with Gasteiger partial charge in [0.2, 0.25) is 5.88 Å². The van der Waals surface area contributed by atoms with E-state index in [1.54, 1.807) is 18.6 Å². The number of hydrogen-bond donors (Lipinski definition) is 1. The monoisotopic (exact) mass is 423 g/mol.